The zero-order valence-corrected chi connectivity index (χ0v) is 10.4. The second kappa shape index (κ2) is 5.21. The van der Waals surface area contributed by atoms with Crippen LogP contribution in [0.5, 0.6) is 0 Å². The van der Waals surface area contributed by atoms with E-state index in [0.29, 0.717) is 5.92 Å². The van der Waals surface area contributed by atoms with E-state index in [-0.39, 0.29) is 12.2 Å². The molecule has 1 aliphatic rings. The molecule has 0 aliphatic carbocycles. The molecule has 3 nitrogen and oxygen atoms in total. The highest BCUT2D eigenvalue weighted by molar-refractivity contribution is 5.68. The van der Waals surface area contributed by atoms with Crippen molar-refractivity contribution in [1.29, 1.82) is 0 Å². The Hall–Kier alpha value is -1.51. The van der Waals surface area contributed by atoms with Crippen LogP contribution >= 0.6 is 0 Å². The van der Waals surface area contributed by atoms with Gasteiger partial charge in [0.15, 0.2) is 0 Å². The highest BCUT2D eigenvalue weighted by Crippen LogP contribution is 2.27. The van der Waals surface area contributed by atoms with Crippen molar-refractivity contribution < 1.29 is 9.53 Å². The van der Waals surface area contributed by atoms with E-state index in [2.05, 4.69) is 12.1 Å². The van der Waals surface area contributed by atoms with E-state index in [4.69, 9.17) is 4.74 Å². The van der Waals surface area contributed by atoms with Gasteiger partial charge in [0.2, 0.25) is 0 Å². The number of carbonyl (C=O) groups excluding carboxylic acids is 1. The summed E-state index contributed by atoms with van der Waals surface area (Å²) < 4.78 is 5.21. The fraction of sp³-hybridized carbons (Fsp3) is 0.500. The summed E-state index contributed by atoms with van der Waals surface area (Å²) in [7, 11) is 0. The van der Waals surface area contributed by atoms with Gasteiger partial charge in [0.1, 0.15) is 0 Å². The van der Waals surface area contributed by atoms with Crippen LogP contribution in [0.1, 0.15) is 31.7 Å². The Kier molecular flexibility index (Phi) is 3.67. The maximum atomic E-state index is 11.7. The smallest absolute Gasteiger partial charge is 0.410 e. The van der Waals surface area contributed by atoms with Gasteiger partial charge in [0.05, 0.1) is 6.10 Å². The second-order valence-electron chi connectivity index (χ2n) is 4.77. The van der Waals surface area contributed by atoms with Crippen molar-refractivity contribution in [3.05, 3.63) is 35.9 Å². The topological polar surface area (TPSA) is 29.5 Å². The third-order valence-electron chi connectivity index (χ3n) is 3.05. The lowest BCUT2D eigenvalue weighted by Crippen LogP contribution is -2.30. The number of nitrogens with zero attached hydrogens (tertiary/aromatic N) is 1. The lowest BCUT2D eigenvalue weighted by Gasteiger charge is -2.18. The van der Waals surface area contributed by atoms with Crippen LogP contribution in [0.25, 0.3) is 0 Å². The molecule has 0 N–H and O–H groups in total. The molecular weight excluding hydrogens is 214 g/mol. The Balaban J connectivity index is 1.94. The average Bonchev–Trinajstić information content (AvgIpc) is 2.78. The summed E-state index contributed by atoms with van der Waals surface area (Å²) in [5.74, 6) is 0.455. The molecule has 1 fully saturated rings. The zero-order chi connectivity index (χ0) is 12.3. The van der Waals surface area contributed by atoms with Crippen molar-refractivity contribution >= 4 is 6.09 Å². The Labute approximate surface area is 102 Å². The van der Waals surface area contributed by atoms with Crippen molar-refractivity contribution in [3.63, 3.8) is 0 Å². The highest BCUT2D eigenvalue weighted by Gasteiger charge is 2.28. The lowest BCUT2D eigenvalue weighted by atomic mass is 9.99. The first-order chi connectivity index (χ1) is 8.16. The van der Waals surface area contributed by atoms with Gasteiger partial charge in [-0.15, -0.1) is 0 Å². The largest absolute Gasteiger partial charge is 0.447 e. The van der Waals surface area contributed by atoms with E-state index in [1.165, 1.54) is 5.56 Å². The Bertz CT molecular complexity index is 375. The van der Waals surface area contributed by atoms with Gasteiger partial charge in [0, 0.05) is 19.0 Å². The summed E-state index contributed by atoms with van der Waals surface area (Å²) in [4.78, 5) is 13.5. The Morgan fingerprint density at radius 1 is 1.35 bits per heavy atom. The van der Waals surface area contributed by atoms with Crippen molar-refractivity contribution in [3.8, 4) is 0 Å². The summed E-state index contributed by atoms with van der Waals surface area (Å²) >= 11 is 0. The number of rotatable bonds is 2. The van der Waals surface area contributed by atoms with Gasteiger partial charge in [-0.3, -0.25) is 0 Å². The monoisotopic (exact) mass is 233 g/mol. The van der Waals surface area contributed by atoms with Crippen molar-refractivity contribution in [1.82, 2.24) is 4.90 Å². The first-order valence-electron chi connectivity index (χ1n) is 6.17. The number of ether oxygens (including phenoxy) is 1. The molecule has 3 heteroatoms. The summed E-state index contributed by atoms with van der Waals surface area (Å²) in [5, 5.41) is 0. The van der Waals surface area contributed by atoms with Crippen LogP contribution in [0.15, 0.2) is 30.3 Å². The van der Waals surface area contributed by atoms with Crippen LogP contribution < -0.4 is 0 Å². The number of hydrogen-bond acceptors (Lipinski definition) is 2. The average molecular weight is 233 g/mol. The molecule has 1 aromatic carbocycles. The molecule has 1 heterocycles. The van der Waals surface area contributed by atoms with Crippen molar-refractivity contribution in [2.24, 2.45) is 0 Å². The van der Waals surface area contributed by atoms with Crippen LogP contribution in [0, 0.1) is 0 Å². The maximum absolute atomic E-state index is 11.7. The number of likely N-dealkylation sites (tertiary alicyclic amines) is 1. The number of amides is 1. The van der Waals surface area contributed by atoms with E-state index in [1.807, 2.05) is 32.0 Å². The van der Waals surface area contributed by atoms with Crippen LogP contribution in [-0.2, 0) is 4.74 Å². The molecular formula is C14H19NO2. The molecule has 2 rings (SSSR count). The molecule has 0 spiro atoms. The standard InChI is InChI=1S/C14H19NO2/c1-11(2)17-14(16)15-9-8-13(10-15)12-6-4-3-5-7-12/h3-7,11,13H,8-10H2,1-2H3. The molecule has 0 bridgehead atoms. The molecule has 1 aromatic rings. The molecule has 17 heavy (non-hydrogen) atoms. The molecule has 1 aliphatic heterocycles. The van der Waals surface area contributed by atoms with E-state index >= 15 is 0 Å². The van der Waals surface area contributed by atoms with Crippen molar-refractivity contribution in [2.45, 2.75) is 32.3 Å². The summed E-state index contributed by atoms with van der Waals surface area (Å²) in [6.07, 6.45) is 0.800. The Morgan fingerprint density at radius 2 is 2.06 bits per heavy atom. The summed E-state index contributed by atoms with van der Waals surface area (Å²) in [6.45, 7) is 5.33. The zero-order valence-electron chi connectivity index (χ0n) is 10.4. The van der Waals surface area contributed by atoms with Gasteiger partial charge >= 0.3 is 6.09 Å². The van der Waals surface area contributed by atoms with Gasteiger partial charge in [0.25, 0.3) is 0 Å². The molecule has 1 unspecified atom stereocenters. The quantitative estimate of drug-likeness (QED) is 0.785. The predicted molar refractivity (Wildman–Crippen MR) is 67.0 cm³/mol. The van der Waals surface area contributed by atoms with Gasteiger partial charge in [-0.1, -0.05) is 30.3 Å². The maximum Gasteiger partial charge on any atom is 0.410 e. The van der Waals surface area contributed by atoms with Crippen LogP contribution in [-0.4, -0.2) is 30.2 Å². The summed E-state index contributed by atoms with van der Waals surface area (Å²) in [6, 6.07) is 10.4. The minimum atomic E-state index is -0.182. The van der Waals surface area contributed by atoms with E-state index in [9.17, 15) is 4.79 Å². The lowest BCUT2D eigenvalue weighted by molar-refractivity contribution is 0.0833. The predicted octanol–water partition coefficient (Wildman–Crippen LogP) is 3.02. The molecule has 0 radical (unpaired) electrons. The van der Waals surface area contributed by atoms with Gasteiger partial charge < -0.3 is 9.64 Å². The minimum absolute atomic E-state index is 0.0433. The first-order valence-corrected chi connectivity index (χ1v) is 6.17. The van der Waals surface area contributed by atoms with Crippen LogP contribution in [0.2, 0.25) is 0 Å². The van der Waals surface area contributed by atoms with Crippen LogP contribution in [0.4, 0.5) is 4.79 Å². The third-order valence-corrected chi connectivity index (χ3v) is 3.05. The summed E-state index contributed by atoms with van der Waals surface area (Å²) in [5.41, 5.74) is 1.31. The van der Waals surface area contributed by atoms with Crippen LogP contribution in [0.3, 0.4) is 0 Å². The normalized spacial score (nSPS) is 19.7. The Morgan fingerprint density at radius 3 is 2.71 bits per heavy atom. The van der Waals surface area contributed by atoms with Gasteiger partial charge in [-0.05, 0) is 25.8 Å². The molecule has 0 aromatic heterocycles. The number of carbonyl (C=O) groups is 1. The van der Waals surface area contributed by atoms with E-state index < -0.39 is 0 Å². The van der Waals surface area contributed by atoms with Crippen molar-refractivity contribution in [2.75, 3.05) is 13.1 Å². The van der Waals surface area contributed by atoms with Gasteiger partial charge in [-0.25, -0.2) is 4.79 Å². The third kappa shape index (κ3) is 2.99. The second-order valence-corrected chi connectivity index (χ2v) is 4.77. The molecule has 1 saturated heterocycles. The fourth-order valence-electron chi connectivity index (χ4n) is 2.20. The first kappa shape index (κ1) is 12.0. The number of hydrogen-bond donors (Lipinski definition) is 0. The molecule has 0 saturated carbocycles. The minimum Gasteiger partial charge on any atom is -0.447 e. The molecule has 92 valence electrons. The number of benzene rings is 1. The molecule has 1 atom stereocenters. The van der Waals surface area contributed by atoms with Gasteiger partial charge in [-0.2, -0.15) is 0 Å². The molecule has 1 amide bonds. The fourth-order valence-corrected chi connectivity index (χ4v) is 2.20. The van der Waals surface area contributed by atoms with E-state index in [1.54, 1.807) is 4.90 Å². The van der Waals surface area contributed by atoms with E-state index in [0.717, 1.165) is 19.5 Å². The highest BCUT2D eigenvalue weighted by atomic mass is 16.6. The SMILES string of the molecule is CC(C)OC(=O)N1CCC(c2ccccc2)C1.